The molecule has 15 heavy (non-hydrogen) atoms. The number of rotatable bonds is 3. The van der Waals surface area contributed by atoms with Gasteiger partial charge in [0.15, 0.2) is 0 Å². The lowest BCUT2D eigenvalue weighted by molar-refractivity contribution is -0.130. The second kappa shape index (κ2) is 4.82. The summed E-state index contributed by atoms with van der Waals surface area (Å²) in [6.07, 6.45) is 0. The van der Waals surface area contributed by atoms with Gasteiger partial charge in [0.1, 0.15) is 5.54 Å². The summed E-state index contributed by atoms with van der Waals surface area (Å²) in [5.41, 5.74) is -0.797. The van der Waals surface area contributed by atoms with Crippen molar-refractivity contribution in [2.24, 2.45) is 0 Å². The molecule has 0 aromatic heterocycles. The number of aliphatic hydroxyl groups is 1. The van der Waals surface area contributed by atoms with Crippen molar-refractivity contribution in [1.82, 2.24) is 10.6 Å². The van der Waals surface area contributed by atoms with E-state index >= 15 is 0 Å². The van der Waals surface area contributed by atoms with Crippen LogP contribution in [0.2, 0.25) is 0 Å². The van der Waals surface area contributed by atoms with E-state index in [1.807, 2.05) is 0 Å². The normalized spacial score (nSPS) is 12.9. The van der Waals surface area contributed by atoms with E-state index in [1.54, 1.807) is 13.8 Å². The Bertz CT molecular complexity index is 302. The van der Waals surface area contributed by atoms with Crippen molar-refractivity contribution in [3.63, 3.8) is 0 Å². The molecule has 0 radical (unpaired) electrons. The summed E-state index contributed by atoms with van der Waals surface area (Å²) in [5, 5.41) is 14.1. The highest BCUT2D eigenvalue weighted by Crippen LogP contribution is 2.06. The molecule has 0 saturated heterocycles. The number of allylic oxidation sites excluding steroid dienone is 1. The minimum absolute atomic E-state index is 0.0554. The quantitative estimate of drug-likeness (QED) is 0.472. The monoisotopic (exact) mass is 214 g/mol. The lowest BCUT2D eigenvalue weighted by Crippen LogP contribution is -2.54. The molecule has 0 aromatic rings. The van der Waals surface area contributed by atoms with Crippen molar-refractivity contribution >= 4 is 11.8 Å². The summed E-state index contributed by atoms with van der Waals surface area (Å²) in [7, 11) is 1.50. The molecule has 0 aromatic carbocycles. The topological polar surface area (TPSA) is 78.4 Å². The minimum Gasteiger partial charge on any atom is -0.512 e. The fourth-order valence-electron chi connectivity index (χ4n) is 0.911. The molecule has 0 rings (SSSR count). The van der Waals surface area contributed by atoms with Crippen molar-refractivity contribution < 1.29 is 14.7 Å². The SMILES string of the molecule is CNC(=O)C(C)(C)NC(=O)/C(C)=C(/C)O. The fraction of sp³-hybridized carbons (Fsp3) is 0.600. The largest absolute Gasteiger partial charge is 0.512 e. The van der Waals surface area contributed by atoms with Crippen LogP contribution in [-0.2, 0) is 9.59 Å². The van der Waals surface area contributed by atoms with Crippen LogP contribution < -0.4 is 10.6 Å². The van der Waals surface area contributed by atoms with Gasteiger partial charge in [-0.15, -0.1) is 0 Å². The van der Waals surface area contributed by atoms with E-state index in [1.165, 1.54) is 20.9 Å². The van der Waals surface area contributed by atoms with Crippen molar-refractivity contribution in [2.45, 2.75) is 33.2 Å². The summed E-state index contributed by atoms with van der Waals surface area (Å²) in [4.78, 5) is 22.9. The number of hydrogen-bond acceptors (Lipinski definition) is 3. The maximum Gasteiger partial charge on any atom is 0.251 e. The number of carbonyl (C=O) groups excluding carboxylic acids is 2. The zero-order chi connectivity index (χ0) is 12.2. The van der Waals surface area contributed by atoms with Gasteiger partial charge in [0.25, 0.3) is 5.91 Å². The predicted molar refractivity (Wildman–Crippen MR) is 57.3 cm³/mol. The fourth-order valence-corrected chi connectivity index (χ4v) is 0.911. The first-order chi connectivity index (χ1) is 6.72. The number of hydrogen-bond donors (Lipinski definition) is 3. The molecule has 0 unspecified atom stereocenters. The number of aliphatic hydroxyl groups excluding tert-OH is 1. The number of carbonyl (C=O) groups is 2. The molecule has 0 heterocycles. The van der Waals surface area contributed by atoms with Gasteiger partial charge in [-0.3, -0.25) is 9.59 Å². The summed E-state index contributed by atoms with van der Waals surface area (Å²) in [6, 6.07) is 0. The molecule has 3 N–H and O–H groups in total. The molecule has 5 heteroatoms. The third-order valence-corrected chi connectivity index (χ3v) is 2.10. The second-order valence-corrected chi connectivity index (χ2v) is 3.87. The molecule has 86 valence electrons. The van der Waals surface area contributed by atoms with Gasteiger partial charge in [0.05, 0.1) is 11.3 Å². The van der Waals surface area contributed by atoms with E-state index in [-0.39, 0.29) is 17.2 Å². The van der Waals surface area contributed by atoms with E-state index in [4.69, 9.17) is 5.11 Å². The first-order valence-electron chi connectivity index (χ1n) is 4.63. The maximum atomic E-state index is 11.5. The first kappa shape index (κ1) is 13.5. The zero-order valence-electron chi connectivity index (χ0n) is 9.76. The summed E-state index contributed by atoms with van der Waals surface area (Å²) in [6.45, 7) is 6.08. The number of amides is 2. The highest BCUT2D eigenvalue weighted by molar-refractivity contribution is 5.98. The van der Waals surface area contributed by atoms with E-state index in [2.05, 4.69) is 10.6 Å². The zero-order valence-corrected chi connectivity index (χ0v) is 9.76. The van der Waals surface area contributed by atoms with Crippen molar-refractivity contribution in [1.29, 1.82) is 0 Å². The van der Waals surface area contributed by atoms with Crippen LogP contribution >= 0.6 is 0 Å². The third-order valence-electron chi connectivity index (χ3n) is 2.10. The Balaban J connectivity index is 4.69. The van der Waals surface area contributed by atoms with Gasteiger partial charge in [0, 0.05) is 7.05 Å². The summed E-state index contributed by atoms with van der Waals surface area (Å²) in [5.74, 6) is -0.803. The minimum atomic E-state index is -0.997. The molecule has 2 amide bonds. The molecule has 0 aliphatic carbocycles. The van der Waals surface area contributed by atoms with Crippen molar-refractivity contribution in [3.8, 4) is 0 Å². The molecular weight excluding hydrogens is 196 g/mol. The smallest absolute Gasteiger partial charge is 0.251 e. The number of nitrogens with one attached hydrogen (secondary N) is 2. The molecule has 5 nitrogen and oxygen atoms in total. The Morgan fingerprint density at radius 2 is 1.67 bits per heavy atom. The van der Waals surface area contributed by atoms with E-state index in [9.17, 15) is 9.59 Å². The summed E-state index contributed by atoms with van der Waals surface area (Å²) >= 11 is 0. The van der Waals surface area contributed by atoms with Crippen LogP contribution in [0.1, 0.15) is 27.7 Å². The van der Waals surface area contributed by atoms with Gasteiger partial charge in [-0.1, -0.05) is 0 Å². The van der Waals surface area contributed by atoms with Gasteiger partial charge in [-0.2, -0.15) is 0 Å². The lowest BCUT2D eigenvalue weighted by atomic mass is 10.0. The average molecular weight is 214 g/mol. The Hall–Kier alpha value is -1.52. The van der Waals surface area contributed by atoms with Gasteiger partial charge < -0.3 is 15.7 Å². The standard InChI is InChI=1S/C10H18N2O3/c1-6(7(2)13)8(14)12-10(3,4)9(15)11-5/h13H,1-5H3,(H,11,15)(H,12,14)/b7-6-. The van der Waals surface area contributed by atoms with Gasteiger partial charge in [0.2, 0.25) is 5.91 Å². The maximum absolute atomic E-state index is 11.5. The Kier molecular flexibility index (Phi) is 4.33. The Morgan fingerprint density at radius 1 is 1.20 bits per heavy atom. The third kappa shape index (κ3) is 3.61. The Morgan fingerprint density at radius 3 is 2.00 bits per heavy atom. The van der Waals surface area contributed by atoms with E-state index in [0.29, 0.717) is 0 Å². The molecule has 0 spiro atoms. The van der Waals surface area contributed by atoms with Gasteiger partial charge in [-0.05, 0) is 27.7 Å². The highest BCUT2D eigenvalue weighted by Gasteiger charge is 2.29. The van der Waals surface area contributed by atoms with Crippen LogP contribution in [0.25, 0.3) is 0 Å². The predicted octanol–water partition coefficient (Wildman–Crippen LogP) is 0.479. The molecule has 0 bridgehead atoms. The average Bonchev–Trinajstić information content (AvgIpc) is 2.14. The molecule has 0 fully saturated rings. The van der Waals surface area contributed by atoms with Crippen LogP contribution in [-0.4, -0.2) is 29.5 Å². The highest BCUT2D eigenvalue weighted by atomic mass is 16.3. The van der Waals surface area contributed by atoms with Crippen LogP contribution in [0.5, 0.6) is 0 Å². The molecule has 0 aliphatic rings. The molecule has 0 aliphatic heterocycles. The van der Waals surface area contributed by atoms with E-state index < -0.39 is 11.4 Å². The van der Waals surface area contributed by atoms with E-state index in [0.717, 1.165) is 0 Å². The molecule has 0 saturated carbocycles. The number of likely N-dealkylation sites (N-methyl/N-ethyl adjacent to an activating group) is 1. The molecular formula is C10H18N2O3. The summed E-state index contributed by atoms with van der Waals surface area (Å²) < 4.78 is 0. The second-order valence-electron chi connectivity index (χ2n) is 3.87. The van der Waals surface area contributed by atoms with Crippen molar-refractivity contribution in [2.75, 3.05) is 7.05 Å². The van der Waals surface area contributed by atoms with Gasteiger partial charge in [-0.25, -0.2) is 0 Å². The van der Waals surface area contributed by atoms with Crippen LogP contribution in [0.4, 0.5) is 0 Å². The molecule has 0 atom stereocenters. The first-order valence-corrected chi connectivity index (χ1v) is 4.63. The van der Waals surface area contributed by atoms with Gasteiger partial charge >= 0.3 is 0 Å². The van der Waals surface area contributed by atoms with Crippen LogP contribution in [0.3, 0.4) is 0 Å². The Labute approximate surface area is 89.6 Å². The van der Waals surface area contributed by atoms with Crippen LogP contribution in [0, 0.1) is 0 Å². The van der Waals surface area contributed by atoms with Crippen molar-refractivity contribution in [3.05, 3.63) is 11.3 Å². The lowest BCUT2D eigenvalue weighted by Gasteiger charge is -2.24. The van der Waals surface area contributed by atoms with Crippen LogP contribution in [0.15, 0.2) is 11.3 Å².